The molecule has 1 aliphatic heterocycles. The molecule has 1 saturated heterocycles. The molecule has 1 aromatic heterocycles. The third kappa shape index (κ3) is 8.51. The fraction of sp³-hybridized carbons (Fsp3) is 0.314. The first-order valence-electron chi connectivity index (χ1n) is 15.6. The van der Waals surface area contributed by atoms with Crippen molar-refractivity contribution in [2.24, 2.45) is 5.73 Å². The van der Waals surface area contributed by atoms with Gasteiger partial charge >= 0.3 is 0 Å². The lowest BCUT2D eigenvalue weighted by atomic mass is 10.0. The number of fused-ring (bicyclic) bond motifs is 1. The lowest BCUT2D eigenvalue weighted by Gasteiger charge is -2.25. The normalized spacial score (nSPS) is 20.3. The topological polar surface area (TPSA) is 178 Å². The number of para-hydroxylation sites is 1. The van der Waals surface area contributed by atoms with Crippen LogP contribution < -0.4 is 27.0 Å². The SMILES string of the molecule is N[C@@H](Cc1ccc(O)cc1)C(=O)NC1CCCCNC(=O)[C@H](Cc2ccccc2)NC(=O)C(Cc2c[nH]c3ccccc23)NC1=O. The van der Waals surface area contributed by atoms with Crippen molar-refractivity contribution < 1.29 is 24.3 Å². The lowest BCUT2D eigenvalue weighted by molar-refractivity contribution is -0.133. The highest BCUT2D eigenvalue weighted by molar-refractivity contribution is 5.95. The number of amides is 4. The van der Waals surface area contributed by atoms with Gasteiger partial charge in [0.05, 0.1) is 6.04 Å². The Morgan fingerprint density at radius 3 is 2.30 bits per heavy atom. The number of H-pyrrole nitrogens is 1. The van der Waals surface area contributed by atoms with Crippen LogP contribution in [-0.4, -0.2) is 64.4 Å². The zero-order valence-electron chi connectivity index (χ0n) is 25.5. The molecular weight excluding hydrogens is 584 g/mol. The average Bonchev–Trinajstić information content (AvgIpc) is 3.47. The van der Waals surface area contributed by atoms with Gasteiger partial charge < -0.3 is 37.1 Å². The number of rotatable bonds is 8. The van der Waals surface area contributed by atoms with Crippen LogP contribution in [0.4, 0.5) is 0 Å². The number of benzene rings is 3. The van der Waals surface area contributed by atoms with Gasteiger partial charge in [-0.2, -0.15) is 0 Å². The van der Waals surface area contributed by atoms with E-state index in [1.807, 2.05) is 54.6 Å². The standard InChI is InChI=1S/C35H40N6O5/c36-27(18-23-13-15-25(42)16-14-23)32(43)39-29-12-6-7-17-37-33(44)30(19-22-8-2-1-3-9-22)40-35(46)31(41-34(29)45)20-24-21-38-28-11-5-4-10-26(24)28/h1-5,8-11,13-16,21,27,29-31,38,42H,6-7,12,17-20,36H2,(H,37,44)(H,39,43)(H,40,46)(H,41,45)/t27-,29?,30-,31?/m0/s1. The van der Waals surface area contributed by atoms with E-state index in [0.29, 0.717) is 19.4 Å². The number of aromatic nitrogens is 1. The monoisotopic (exact) mass is 624 g/mol. The molecule has 0 radical (unpaired) electrons. The lowest BCUT2D eigenvalue weighted by Crippen LogP contribution is -2.58. The minimum Gasteiger partial charge on any atom is -0.508 e. The van der Waals surface area contributed by atoms with Crippen LogP contribution in [0.3, 0.4) is 0 Å². The third-order valence-corrected chi connectivity index (χ3v) is 8.23. The highest BCUT2D eigenvalue weighted by Gasteiger charge is 2.31. The van der Waals surface area contributed by atoms with Crippen molar-refractivity contribution in [2.75, 3.05) is 6.54 Å². The Bertz CT molecular complexity index is 1660. The summed E-state index contributed by atoms with van der Waals surface area (Å²) in [5, 5.41) is 21.9. The Labute approximate surface area is 267 Å². The number of aromatic amines is 1. The zero-order valence-corrected chi connectivity index (χ0v) is 25.5. The van der Waals surface area contributed by atoms with E-state index in [1.54, 1.807) is 18.3 Å². The van der Waals surface area contributed by atoms with Crippen molar-refractivity contribution in [1.29, 1.82) is 0 Å². The summed E-state index contributed by atoms with van der Waals surface area (Å²) in [5.74, 6) is -1.73. The summed E-state index contributed by atoms with van der Waals surface area (Å²) < 4.78 is 0. The van der Waals surface area contributed by atoms with Gasteiger partial charge in [-0.25, -0.2) is 0 Å². The highest BCUT2D eigenvalue weighted by Crippen LogP contribution is 2.20. The van der Waals surface area contributed by atoms with Crippen molar-refractivity contribution in [3.05, 3.63) is 102 Å². The van der Waals surface area contributed by atoms with Crippen LogP contribution in [0.15, 0.2) is 85.1 Å². The number of aromatic hydroxyl groups is 1. The molecule has 0 spiro atoms. The molecule has 4 amide bonds. The fourth-order valence-electron chi connectivity index (χ4n) is 5.67. The van der Waals surface area contributed by atoms with E-state index in [1.165, 1.54) is 12.1 Å². The van der Waals surface area contributed by atoms with Crippen LogP contribution >= 0.6 is 0 Å². The van der Waals surface area contributed by atoms with E-state index in [-0.39, 0.29) is 37.3 Å². The Balaban J connectivity index is 1.37. The molecule has 0 bridgehead atoms. The maximum absolute atomic E-state index is 13.9. The van der Waals surface area contributed by atoms with Crippen molar-refractivity contribution in [2.45, 2.75) is 62.7 Å². The predicted molar refractivity (Wildman–Crippen MR) is 175 cm³/mol. The molecule has 3 aromatic carbocycles. The second-order valence-electron chi connectivity index (χ2n) is 11.7. The smallest absolute Gasteiger partial charge is 0.243 e. The molecule has 2 heterocycles. The number of phenols is 1. The summed E-state index contributed by atoms with van der Waals surface area (Å²) in [6.45, 7) is 0.349. The molecule has 11 nitrogen and oxygen atoms in total. The summed E-state index contributed by atoms with van der Waals surface area (Å²) in [6, 6.07) is 19.7. The molecule has 11 heteroatoms. The van der Waals surface area contributed by atoms with Crippen molar-refractivity contribution >= 4 is 34.5 Å². The number of carbonyl (C=O) groups excluding carboxylic acids is 4. The number of carbonyl (C=O) groups is 4. The molecule has 0 aliphatic carbocycles. The Kier molecular flexibility index (Phi) is 10.7. The quantitative estimate of drug-likeness (QED) is 0.158. The van der Waals surface area contributed by atoms with Gasteiger partial charge in [-0.05, 0) is 60.6 Å². The van der Waals surface area contributed by atoms with Gasteiger partial charge in [-0.3, -0.25) is 19.2 Å². The maximum atomic E-state index is 13.9. The van der Waals surface area contributed by atoms with E-state index in [2.05, 4.69) is 26.3 Å². The molecular formula is C35H40N6O5. The average molecular weight is 625 g/mol. The van der Waals surface area contributed by atoms with Gasteiger partial charge in [0, 0.05) is 36.5 Å². The molecule has 46 heavy (non-hydrogen) atoms. The predicted octanol–water partition coefficient (Wildman–Crippen LogP) is 1.98. The van der Waals surface area contributed by atoms with Crippen LogP contribution in [0.2, 0.25) is 0 Å². The fourth-order valence-corrected chi connectivity index (χ4v) is 5.67. The molecule has 1 fully saturated rings. The summed E-state index contributed by atoms with van der Waals surface area (Å²) in [5.41, 5.74) is 9.56. The molecule has 1 aliphatic rings. The maximum Gasteiger partial charge on any atom is 0.243 e. The van der Waals surface area contributed by atoms with Crippen LogP contribution in [0.25, 0.3) is 10.9 Å². The van der Waals surface area contributed by atoms with Gasteiger partial charge in [0.2, 0.25) is 23.6 Å². The minimum absolute atomic E-state index is 0.108. The number of hydrogen-bond acceptors (Lipinski definition) is 6. The van der Waals surface area contributed by atoms with Crippen molar-refractivity contribution in [3.63, 3.8) is 0 Å². The van der Waals surface area contributed by atoms with Crippen molar-refractivity contribution in [1.82, 2.24) is 26.3 Å². The molecule has 5 rings (SSSR count). The third-order valence-electron chi connectivity index (χ3n) is 8.23. The molecule has 0 saturated carbocycles. The van der Waals surface area contributed by atoms with Crippen LogP contribution in [-0.2, 0) is 38.4 Å². The second kappa shape index (κ2) is 15.2. The Morgan fingerprint density at radius 1 is 0.826 bits per heavy atom. The highest BCUT2D eigenvalue weighted by atomic mass is 16.3. The van der Waals surface area contributed by atoms with Crippen molar-refractivity contribution in [3.8, 4) is 5.75 Å². The van der Waals surface area contributed by atoms with Gasteiger partial charge in [-0.1, -0.05) is 60.7 Å². The Morgan fingerprint density at radius 2 is 1.52 bits per heavy atom. The summed E-state index contributed by atoms with van der Waals surface area (Å²) in [4.78, 5) is 57.3. The van der Waals surface area contributed by atoms with Gasteiger partial charge in [0.15, 0.2) is 0 Å². The summed E-state index contributed by atoms with van der Waals surface area (Å²) in [6.07, 6.45) is 3.83. The molecule has 240 valence electrons. The van der Waals surface area contributed by atoms with Crippen LogP contribution in [0.1, 0.15) is 36.0 Å². The van der Waals surface area contributed by atoms with E-state index in [0.717, 1.165) is 27.6 Å². The van der Waals surface area contributed by atoms with Gasteiger partial charge in [0.25, 0.3) is 0 Å². The van der Waals surface area contributed by atoms with Crippen LogP contribution in [0, 0.1) is 0 Å². The van der Waals surface area contributed by atoms with Gasteiger partial charge in [0.1, 0.15) is 23.9 Å². The second-order valence-corrected chi connectivity index (χ2v) is 11.7. The van der Waals surface area contributed by atoms with E-state index < -0.39 is 41.9 Å². The van der Waals surface area contributed by atoms with Gasteiger partial charge in [-0.15, -0.1) is 0 Å². The molecule has 4 atom stereocenters. The first-order valence-corrected chi connectivity index (χ1v) is 15.6. The number of hydrogen-bond donors (Lipinski definition) is 7. The molecule has 4 aromatic rings. The first kappa shape index (κ1) is 32.2. The van der Waals surface area contributed by atoms with E-state index >= 15 is 0 Å². The van der Waals surface area contributed by atoms with E-state index in [9.17, 15) is 24.3 Å². The molecule has 2 unspecified atom stereocenters. The van der Waals surface area contributed by atoms with Crippen LogP contribution in [0.5, 0.6) is 5.75 Å². The molecule has 8 N–H and O–H groups in total. The zero-order chi connectivity index (χ0) is 32.5. The largest absolute Gasteiger partial charge is 0.508 e. The summed E-state index contributed by atoms with van der Waals surface area (Å²) in [7, 11) is 0. The summed E-state index contributed by atoms with van der Waals surface area (Å²) >= 11 is 0. The number of phenolic OH excluding ortho intramolecular Hbond substituents is 1. The first-order chi connectivity index (χ1) is 22.3. The number of nitrogens with one attached hydrogen (secondary N) is 5. The van der Waals surface area contributed by atoms with E-state index in [4.69, 9.17) is 5.73 Å². The number of nitrogens with two attached hydrogens (primary N) is 1. The Hall–Kier alpha value is -5.16. The minimum atomic E-state index is -1.04.